The van der Waals surface area contributed by atoms with Crippen LogP contribution >= 0.6 is 0 Å². The highest BCUT2D eigenvalue weighted by atomic mass is 16.4. The number of aliphatic hydroxyl groups is 2. The summed E-state index contributed by atoms with van der Waals surface area (Å²) in [5, 5.41) is 29.1. The van der Waals surface area contributed by atoms with Gasteiger partial charge in [0.2, 0.25) is 0 Å². The van der Waals surface area contributed by atoms with Crippen molar-refractivity contribution in [1.29, 1.82) is 0 Å². The summed E-state index contributed by atoms with van der Waals surface area (Å²) in [6.45, 7) is 2.05. The van der Waals surface area contributed by atoms with E-state index >= 15 is 0 Å². The lowest BCUT2D eigenvalue weighted by atomic mass is 9.85. The molecule has 2 rings (SSSR count). The molecule has 160 valence electrons. The zero-order valence-electron chi connectivity index (χ0n) is 17.3. The number of allylic oxidation sites excluding steroid dienone is 2. The lowest BCUT2D eigenvalue weighted by molar-refractivity contribution is -0.137. The monoisotopic (exact) mass is 402 g/mol. The quantitative estimate of drug-likeness (QED) is 0.353. The smallest absolute Gasteiger partial charge is 0.303 e. The van der Waals surface area contributed by atoms with Gasteiger partial charge in [0.25, 0.3) is 0 Å². The van der Waals surface area contributed by atoms with E-state index in [0.717, 1.165) is 37.7 Å². The molecule has 0 saturated heterocycles. The van der Waals surface area contributed by atoms with E-state index in [-0.39, 0.29) is 24.0 Å². The van der Waals surface area contributed by atoms with Crippen LogP contribution in [0.5, 0.6) is 0 Å². The highest BCUT2D eigenvalue weighted by Crippen LogP contribution is 2.39. The van der Waals surface area contributed by atoms with Gasteiger partial charge in [-0.25, -0.2) is 0 Å². The first-order valence-electron chi connectivity index (χ1n) is 10.8. The Morgan fingerprint density at radius 2 is 1.90 bits per heavy atom. The molecule has 0 aromatic heterocycles. The number of carbonyl (C=O) groups excluding carboxylic acids is 1. The molecule has 3 N–H and O–H groups in total. The van der Waals surface area contributed by atoms with Crippen molar-refractivity contribution in [3.8, 4) is 0 Å². The van der Waals surface area contributed by atoms with Crippen LogP contribution in [0, 0.1) is 5.92 Å². The number of Topliss-reactive ketones (excluding diaryl/α,β-unsaturated/α-hetero) is 1. The molecular formula is C24H34O5. The van der Waals surface area contributed by atoms with Gasteiger partial charge in [-0.2, -0.15) is 0 Å². The van der Waals surface area contributed by atoms with Crippen molar-refractivity contribution in [2.24, 2.45) is 5.92 Å². The molecule has 29 heavy (non-hydrogen) atoms. The summed E-state index contributed by atoms with van der Waals surface area (Å²) in [6.07, 6.45) is 8.64. The van der Waals surface area contributed by atoms with Gasteiger partial charge in [-0.3, -0.25) is 9.59 Å². The van der Waals surface area contributed by atoms with Crippen LogP contribution in [0.25, 0.3) is 0 Å². The fourth-order valence-electron chi connectivity index (χ4n) is 4.08. The molecular weight excluding hydrogens is 368 g/mol. The van der Waals surface area contributed by atoms with Crippen LogP contribution < -0.4 is 0 Å². The van der Waals surface area contributed by atoms with Gasteiger partial charge in [-0.1, -0.05) is 56.2 Å². The van der Waals surface area contributed by atoms with Crippen LogP contribution in [0.2, 0.25) is 0 Å². The molecule has 0 aliphatic heterocycles. The van der Waals surface area contributed by atoms with Gasteiger partial charge in [0.05, 0.1) is 6.10 Å². The Hall–Kier alpha value is -1.98. The zero-order valence-corrected chi connectivity index (χ0v) is 17.3. The lowest BCUT2D eigenvalue weighted by Gasteiger charge is -2.20. The summed E-state index contributed by atoms with van der Waals surface area (Å²) < 4.78 is 0. The third kappa shape index (κ3) is 7.09. The fourth-order valence-corrected chi connectivity index (χ4v) is 4.08. The third-order valence-electron chi connectivity index (χ3n) is 5.80. The topological polar surface area (TPSA) is 94.8 Å². The van der Waals surface area contributed by atoms with E-state index in [1.165, 1.54) is 0 Å². The second-order valence-corrected chi connectivity index (χ2v) is 8.06. The van der Waals surface area contributed by atoms with Crippen molar-refractivity contribution in [3.05, 3.63) is 47.5 Å². The maximum Gasteiger partial charge on any atom is 0.303 e. The van der Waals surface area contributed by atoms with Crippen molar-refractivity contribution >= 4 is 11.8 Å². The van der Waals surface area contributed by atoms with Gasteiger partial charge in [0.15, 0.2) is 0 Å². The van der Waals surface area contributed by atoms with Crippen LogP contribution in [0.1, 0.15) is 87.9 Å². The predicted molar refractivity (Wildman–Crippen MR) is 113 cm³/mol. The molecule has 4 atom stereocenters. The molecule has 1 aliphatic rings. The number of aliphatic hydroxyl groups excluding tert-OH is 2. The van der Waals surface area contributed by atoms with Crippen molar-refractivity contribution in [1.82, 2.24) is 0 Å². The Labute approximate surface area is 173 Å². The number of ketones is 1. The summed E-state index contributed by atoms with van der Waals surface area (Å²) in [5.41, 5.74) is 1.65. The van der Waals surface area contributed by atoms with E-state index in [2.05, 4.69) is 6.08 Å². The Morgan fingerprint density at radius 1 is 1.17 bits per heavy atom. The third-order valence-corrected chi connectivity index (χ3v) is 5.80. The molecule has 1 saturated carbocycles. The molecule has 1 fully saturated rings. The van der Waals surface area contributed by atoms with E-state index in [0.29, 0.717) is 24.8 Å². The van der Waals surface area contributed by atoms with Crippen LogP contribution in [0.4, 0.5) is 0 Å². The molecule has 1 aliphatic carbocycles. The Morgan fingerprint density at radius 3 is 2.55 bits per heavy atom. The predicted octanol–water partition coefficient (Wildman–Crippen LogP) is 4.54. The number of carboxylic acids is 1. The maximum atomic E-state index is 12.5. The molecule has 0 amide bonds. The molecule has 1 aromatic rings. The van der Waals surface area contributed by atoms with Gasteiger partial charge in [-0.15, -0.1) is 0 Å². The van der Waals surface area contributed by atoms with E-state index in [4.69, 9.17) is 5.11 Å². The molecule has 1 aromatic carbocycles. The van der Waals surface area contributed by atoms with Crippen molar-refractivity contribution in [2.75, 3.05) is 0 Å². The van der Waals surface area contributed by atoms with E-state index in [1.807, 2.05) is 37.3 Å². The molecule has 0 bridgehead atoms. The number of rotatable bonds is 12. The average molecular weight is 403 g/mol. The van der Waals surface area contributed by atoms with Crippen LogP contribution in [0.3, 0.4) is 0 Å². The molecule has 5 nitrogen and oxygen atoms in total. The molecule has 0 heterocycles. The minimum absolute atomic E-state index is 0.130. The summed E-state index contributed by atoms with van der Waals surface area (Å²) in [6, 6.07) is 7.45. The zero-order chi connectivity index (χ0) is 21.2. The summed E-state index contributed by atoms with van der Waals surface area (Å²) >= 11 is 0. The standard InChI is InChI=1S/C24H34O5/c1-2-3-9-21(26)24(29)19-13-11-18(12-14-19)23-17(15-16-20(23)25)8-6-4-5-7-10-22(27)28/h4,6,11-14,17,21,23-24,26,29H,2-3,5,7-10,15-16H2,1H3,(H,27,28)/b6-4-/t17-,21?,23-,24?/m0/s1. The number of carbonyl (C=O) groups is 2. The average Bonchev–Trinajstić information content (AvgIpc) is 3.08. The van der Waals surface area contributed by atoms with Crippen molar-refractivity contribution in [2.45, 2.75) is 82.8 Å². The van der Waals surface area contributed by atoms with Crippen LogP contribution in [-0.2, 0) is 9.59 Å². The highest BCUT2D eigenvalue weighted by molar-refractivity contribution is 5.88. The Balaban J connectivity index is 1.95. The van der Waals surface area contributed by atoms with Crippen molar-refractivity contribution < 1.29 is 24.9 Å². The molecule has 5 heteroatoms. The first kappa shape index (κ1) is 23.3. The van der Waals surface area contributed by atoms with E-state index < -0.39 is 18.2 Å². The molecule has 2 unspecified atom stereocenters. The second-order valence-electron chi connectivity index (χ2n) is 8.06. The number of aliphatic carboxylic acids is 1. The van der Waals surface area contributed by atoms with Gasteiger partial charge >= 0.3 is 5.97 Å². The van der Waals surface area contributed by atoms with Gasteiger partial charge < -0.3 is 15.3 Å². The van der Waals surface area contributed by atoms with Gasteiger partial charge in [-0.05, 0) is 49.1 Å². The number of hydrogen-bond donors (Lipinski definition) is 3. The fraction of sp³-hybridized carbons (Fsp3) is 0.583. The summed E-state index contributed by atoms with van der Waals surface area (Å²) in [7, 11) is 0. The number of unbranched alkanes of at least 4 members (excludes halogenated alkanes) is 2. The Kier molecular flexibility index (Phi) is 9.55. The van der Waals surface area contributed by atoms with Crippen LogP contribution in [-0.4, -0.2) is 33.2 Å². The van der Waals surface area contributed by atoms with Gasteiger partial charge in [0, 0.05) is 18.8 Å². The summed E-state index contributed by atoms with van der Waals surface area (Å²) in [4.78, 5) is 23.0. The SMILES string of the molecule is CCCCC(O)C(O)c1ccc([C@H]2C(=O)CC[C@@H]2C/C=C\CCCC(=O)O)cc1. The van der Waals surface area contributed by atoms with Gasteiger partial charge in [0.1, 0.15) is 11.9 Å². The maximum absolute atomic E-state index is 12.5. The normalized spacial score (nSPS) is 21.6. The number of benzene rings is 1. The second kappa shape index (κ2) is 11.9. The number of carboxylic acid groups (broad SMARTS) is 1. The Bertz CT molecular complexity index is 679. The van der Waals surface area contributed by atoms with E-state index in [9.17, 15) is 19.8 Å². The largest absolute Gasteiger partial charge is 0.481 e. The minimum atomic E-state index is -0.903. The summed E-state index contributed by atoms with van der Waals surface area (Å²) in [5.74, 6) is -0.393. The first-order chi connectivity index (χ1) is 13.9. The molecule has 0 spiro atoms. The van der Waals surface area contributed by atoms with Crippen molar-refractivity contribution in [3.63, 3.8) is 0 Å². The first-order valence-corrected chi connectivity index (χ1v) is 10.8. The minimum Gasteiger partial charge on any atom is -0.481 e. The van der Waals surface area contributed by atoms with Crippen LogP contribution in [0.15, 0.2) is 36.4 Å². The number of hydrogen-bond acceptors (Lipinski definition) is 4. The molecule has 0 radical (unpaired) electrons. The lowest BCUT2D eigenvalue weighted by Crippen LogP contribution is -2.18. The highest BCUT2D eigenvalue weighted by Gasteiger charge is 2.35. The van der Waals surface area contributed by atoms with E-state index in [1.54, 1.807) is 0 Å².